The lowest BCUT2D eigenvalue weighted by Gasteiger charge is -2.28. The zero-order valence-corrected chi connectivity index (χ0v) is 90.6. The van der Waals surface area contributed by atoms with Gasteiger partial charge >= 0.3 is 0 Å². The Hall–Kier alpha value is -4.24. The molecule has 0 saturated carbocycles. The van der Waals surface area contributed by atoms with E-state index in [1.165, 1.54) is 44.5 Å². The number of aliphatic hydroxyl groups is 4. The molecule has 4 aliphatic heterocycles. The Labute approximate surface area is 860 Å². The zero-order chi connectivity index (χ0) is 95.4. The minimum Gasteiger partial charge on any atom is -0.492 e. The van der Waals surface area contributed by atoms with E-state index in [2.05, 4.69) is 290 Å². The highest BCUT2D eigenvalue weighted by molar-refractivity contribution is 14.1. The number of halogens is 8. The van der Waals surface area contributed by atoms with Crippen LogP contribution in [0.1, 0.15) is 128 Å². The maximum Gasteiger partial charge on any atom is 0.132 e. The van der Waals surface area contributed by atoms with E-state index in [1.54, 1.807) is 0 Å². The van der Waals surface area contributed by atoms with Gasteiger partial charge in [0.2, 0.25) is 0 Å². The first-order valence-electron chi connectivity index (χ1n) is 46.0. The highest BCUT2D eigenvalue weighted by atomic mass is 123. The first-order valence-corrected chi connectivity index (χ1v) is 52.4. The lowest BCUT2D eigenvalue weighted by molar-refractivity contribution is 0.00452. The van der Waals surface area contributed by atoms with Crippen LogP contribution >= 0.6 is 137 Å². The van der Waals surface area contributed by atoms with Crippen LogP contribution < -0.4 is 37.9 Å². The van der Waals surface area contributed by atoms with Crippen molar-refractivity contribution < 1.29 is 77.3 Å². The van der Waals surface area contributed by atoms with Crippen molar-refractivity contribution in [2.24, 2.45) is 23.7 Å². The normalized spacial score (nSPS) is 16.9. The van der Waals surface area contributed by atoms with Crippen LogP contribution in [0.3, 0.4) is 0 Å². The molecule has 8 aromatic carbocycles. The first-order chi connectivity index (χ1) is 63.2. The second kappa shape index (κ2) is 56.9. The Morgan fingerprint density at radius 2 is 0.432 bits per heavy atom. The summed E-state index contributed by atoms with van der Waals surface area (Å²) in [6.45, 7) is 44.8. The number of morpholine rings is 4. The largest absolute Gasteiger partial charge is 0.492 e. The molecule has 0 bridgehead atoms. The van der Waals surface area contributed by atoms with Gasteiger partial charge in [0.05, 0.1) is 93.6 Å². The summed E-state index contributed by atoms with van der Waals surface area (Å²) >= 11 is 32.9. The van der Waals surface area contributed by atoms with Crippen molar-refractivity contribution in [1.82, 2.24) is 19.6 Å². The van der Waals surface area contributed by atoms with Gasteiger partial charge in [0.25, 0.3) is 0 Å². The van der Waals surface area contributed by atoms with Gasteiger partial charge in [0.15, 0.2) is 0 Å². The van der Waals surface area contributed by atoms with E-state index in [1.807, 2.05) is 72.8 Å². The monoisotopic (exact) mass is 2330 g/mol. The first kappa shape index (κ1) is 111. The lowest BCUT2D eigenvalue weighted by Crippen LogP contribution is -2.42. The Kier molecular flexibility index (Phi) is 48.0. The van der Waals surface area contributed by atoms with Crippen LogP contribution in [0.4, 0.5) is 0 Å². The Bertz CT molecular complexity index is 4060. The van der Waals surface area contributed by atoms with Gasteiger partial charge in [-0.05, 0) is 232 Å². The summed E-state index contributed by atoms with van der Waals surface area (Å²) in [4.78, 5) is 8.83. The average Bonchev–Trinajstić information content (AvgIpc) is 0.807. The third kappa shape index (κ3) is 36.4. The van der Waals surface area contributed by atoms with Crippen LogP contribution in [0.5, 0.6) is 46.0 Å². The molecule has 12 rings (SSSR count). The van der Waals surface area contributed by atoms with Crippen LogP contribution in [0.25, 0.3) is 0 Å². The smallest absolute Gasteiger partial charge is 0.132 e. The van der Waals surface area contributed by atoms with E-state index in [-0.39, 0.29) is 48.1 Å². The van der Waals surface area contributed by atoms with Crippen LogP contribution in [0, 0.1) is 38.0 Å². The van der Waals surface area contributed by atoms with Gasteiger partial charge in [-0.1, -0.05) is 156 Å². The SMILES string of the molecule is CC(CCl)COc1ccc(C(C)(C)c2ccc(OCC(O)CN3CCOCC3)cc2)cc1[123I].C[C@@H](CCl)COc1ccc(C(C)(C)c2ccc(OC[C@@H](O)CN3CCOCC3)cc2)cc1[123I].C[C@@H](CCl)COc1ccc(C(C)(C)c2ccc(OC[C@H](O)CN3CCOCC3)cc2)cc1[123I].C[C@H](CCl)COc1ccc(C(C)(C)c2ccc(OC[C@H](O)CN3CCOCC3)cc2)cc1[123I]. The van der Waals surface area contributed by atoms with Gasteiger partial charge in [0.1, 0.15) is 96.8 Å². The molecule has 0 spiro atoms. The number of rotatable bonds is 44. The summed E-state index contributed by atoms with van der Waals surface area (Å²) in [6, 6.07) is 58.1. The average molecular weight is 2340 g/mol. The molecule has 0 radical (unpaired) electrons. The quantitative estimate of drug-likeness (QED) is 0.0207. The van der Waals surface area contributed by atoms with E-state index in [4.69, 9.17) is 103 Å². The van der Waals surface area contributed by atoms with Crippen molar-refractivity contribution in [1.29, 1.82) is 0 Å². The molecule has 8 atom stereocenters. The number of alkyl halides is 4. The summed E-state index contributed by atoms with van der Waals surface area (Å²) in [5.41, 5.74) is 9.00. The van der Waals surface area contributed by atoms with Crippen molar-refractivity contribution >= 4 is 137 Å². The number of ether oxygens (including phenoxy) is 12. The number of β-amino-alcohol motifs (C(OH)–C–C–N with tert-alkyl or cyclic N) is 4. The molecule has 4 N–H and O–H groups in total. The molecule has 728 valence electrons. The van der Waals surface area contributed by atoms with Crippen molar-refractivity contribution in [3.63, 3.8) is 0 Å². The Morgan fingerprint density at radius 3 is 0.591 bits per heavy atom. The van der Waals surface area contributed by atoms with Crippen LogP contribution in [-0.4, -0.2) is 272 Å². The minimum atomic E-state index is -0.519. The molecule has 8 aromatic rings. The molecule has 20 nitrogen and oxygen atoms in total. The molecule has 0 aromatic heterocycles. The van der Waals surface area contributed by atoms with Gasteiger partial charge in [-0.3, -0.25) is 19.6 Å². The third-order valence-electron chi connectivity index (χ3n) is 24.1. The van der Waals surface area contributed by atoms with Crippen LogP contribution in [-0.2, 0) is 40.6 Å². The van der Waals surface area contributed by atoms with Crippen molar-refractivity contribution in [2.75, 3.05) is 208 Å². The number of aliphatic hydroxyl groups excluding tert-OH is 4. The van der Waals surface area contributed by atoms with E-state index in [0.29, 0.717) is 99.8 Å². The number of hydrogen-bond donors (Lipinski definition) is 4. The van der Waals surface area contributed by atoms with E-state index >= 15 is 0 Å². The highest BCUT2D eigenvalue weighted by Gasteiger charge is 2.31. The van der Waals surface area contributed by atoms with Crippen LogP contribution in [0.15, 0.2) is 170 Å². The van der Waals surface area contributed by atoms with Gasteiger partial charge in [0, 0.05) is 147 Å². The molecule has 0 aliphatic carbocycles. The molecule has 132 heavy (non-hydrogen) atoms. The molecule has 4 aliphatic rings. The highest BCUT2D eigenvalue weighted by Crippen LogP contribution is 2.41. The maximum absolute atomic E-state index is 10.3. The van der Waals surface area contributed by atoms with Gasteiger partial charge < -0.3 is 77.3 Å². The maximum atomic E-state index is 10.3. The summed E-state index contributed by atoms with van der Waals surface area (Å²) in [5, 5.41) is 41.2. The fourth-order valence-corrected chi connectivity index (χ4v) is 18.0. The van der Waals surface area contributed by atoms with E-state index in [0.717, 1.165) is 165 Å². The molecule has 4 heterocycles. The second-order valence-electron chi connectivity index (χ2n) is 37.0. The summed E-state index contributed by atoms with van der Waals surface area (Å²) in [6.07, 6.45) is -2.08. The molecule has 4 saturated heterocycles. The molecule has 0 amide bonds. The predicted molar refractivity (Wildman–Crippen MR) is 567 cm³/mol. The van der Waals surface area contributed by atoms with Crippen molar-refractivity contribution in [2.45, 2.75) is 129 Å². The molecular formula is C104H140Cl4I4N4O16. The summed E-state index contributed by atoms with van der Waals surface area (Å²) in [7, 11) is 0. The van der Waals surface area contributed by atoms with Crippen LogP contribution in [0.2, 0.25) is 0 Å². The standard InChI is InChI=1S/4C26H35ClINO4/c4*1-19(15-27)17-33-25-9-6-21(14-24(25)28)26(2,3)20-4-7-23(8-5-20)32-18-22(30)16-29-10-12-31-13-11-29/h4*4-9,14,19,22,30H,10-13,15-18H2,1-3H3/t19-,22+;2*19-,22-;/m010./s1/i4*28-4. The number of hydrogen-bond acceptors (Lipinski definition) is 20. The van der Waals surface area contributed by atoms with Gasteiger partial charge in [-0.25, -0.2) is 0 Å². The van der Waals surface area contributed by atoms with E-state index in [9.17, 15) is 20.4 Å². The third-order valence-corrected chi connectivity index (χ3v) is 29.6. The van der Waals surface area contributed by atoms with Gasteiger partial charge in [-0.2, -0.15) is 0 Å². The van der Waals surface area contributed by atoms with Crippen molar-refractivity contribution in [3.05, 3.63) is 229 Å². The molecule has 2 unspecified atom stereocenters. The molecular weight excluding hydrogens is 2190 g/mol. The molecule has 4 fully saturated rings. The Morgan fingerprint density at radius 1 is 0.265 bits per heavy atom. The summed E-state index contributed by atoms with van der Waals surface area (Å²) in [5.74, 6) is 10.3. The summed E-state index contributed by atoms with van der Waals surface area (Å²) < 4.78 is 72.9. The minimum absolute atomic E-state index is 0.170. The lowest BCUT2D eigenvalue weighted by atomic mass is 9.78. The number of benzene rings is 8. The molecule has 28 heteroatoms. The van der Waals surface area contributed by atoms with Crippen molar-refractivity contribution in [3.8, 4) is 46.0 Å². The Balaban J connectivity index is 0.000000198. The fraction of sp³-hybridized carbons (Fsp3) is 0.538. The van der Waals surface area contributed by atoms with Gasteiger partial charge in [-0.15, -0.1) is 46.4 Å². The predicted octanol–water partition coefficient (Wildman–Crippen LogP) is 19.8. The number of nitrogens with zero attached hydrogens (tertiary/aromatic N) is 4. The van der Waals surface area contributed by atoms with E-state index < -0.39 is 24.4 Å². The topological polar surface area (TPSA) is 205 Å². The zero-order valence-electron chi connectivity index (χ0n) is 78.9. The second-order valence-corrected chi connectivity index (χ2v) is 42.9. The fourth-order valence-electron chi connectivity index (χ4n) is 15.0.